The zero-order valence-electron chi connectivity index (χ0n) is 25.3. The summed E-state index contributed by atoms with van der Waals surface area (Å²) in [6.07, 6.45) is 9.25. The largest absolute Gasteiger partial charge is 4.00 e. The third-order valence-electron chi connectivity index (χ3n) is 8.81. The molecular formula is C32H44Cl2O2Si2Zr. The Balaban J connectivity index is 0.00000253. The van der Waals surface area contributed by atoms with Crippen LogP contribution in [-0.4, -0.2) is 16.6 Å². The Bertz CT molecular complexity index is 1100. The second-order valence-electron chi connectivity index (χ2n) is 13.4. The Labute approximate surface area is 271 Å². The fraction of sp³-hybridized carbons (Fsp3) is 0.500. The molecule has 0 saturated heterocycles. The summed E-state index contributed by atoms with van der Waals surface area (Å²) in [4.78, 5) is 0. The molecule has 2 aliphatic carbocycles. The molecule has 0 radical (unpaired) electrons. The topological polar surface area (TPSA) is 18.5 Å². The summed E-state index contributed by atoms with van der Waals surface area (Å²) in [7, 11) is -3.84. The van der Waals surface area contributed by atoms with Crippen LogP contribution in [0.4, 0.5) is 0 Å². The standard InChI is InChI=1S/C32H44O2Si2.2ClH.Zr/c1-31(2,3)35(7,8)33-29-21-23(25-15-11-13-17-27(25)29)19-20-24-22-30(28-18-14-12-16-26(24)28)34-36(9,10)32(4,5)6;;;/h11-18,29-30H,19-20H2,1-10H3;2*1H;/q-2;;;+4/p-2. The van der Waals surface area contributed by atoms with Gasteiger partial charge in [-0.25, -0.2) is 23.3 Å². The molecule has 2 aliphatic rings. The molecule has 0 aromatic heterocycles. The molecule has 0 N–H and O–H groups in total. The fourth-order valence-electron chi connectivity index (χ4n) is 4.42. The summed E-state index contributed by atoms with van der Waals surface area (Å²) < 4.78 is 13.6. The molecule has 2 aromatic rings. The van der Waals surface area contributed by atoms with Crippen LogP contribution < -0.4 is 24.8 Å². The van der Waals surface area contributed by atoms with Crippen molar-refractivity contribution in [2.75, 3.05) is 0 Å². The van der Waals surface area contributed by atoms with Gasteiger partial charge in [-0.05, 0) is 48.5 Å². The van der Waals surface area contributed by atoms with Crippen LogP contribution in [0.15, 0.2) is 48.5 Å². The molecule has 0 amide bonds. The summed E-state index contributed by atoms with van der Waals surface area (Å²) in [6.45, 7) is 23.1. The number of benzene rings is 2. The molecule has 4 rings (SSSR count). The van der Waals surface area contributed by atoms with Crippen LogP contribution in [0, 0.1) is 12.2 Å². The molecule has 0 saturated carbocycles. The van der Waals surface area contributed by atoms with Crippen molar-refractivity contribution in [3.63, 3.8) is 0 Å². The van der Waals surface area contributed by atoms with Gasteiger partial charge in [-0.15, -0.1) is 23.3 Å². The third kappa shape index (κ3) is 7.77. The van der Waals surface area contributed by atoms with E-state index in [1.54, 1.807) is 0 Å². The first-order chi connectivity index (χ1) is 16.6. The number of hydrogen-bond acceptors (Lipinski definition) is 2. The normalized spacial score (nSPS) is 18.6. The van der Waals surface area contributed by atoms with Gasteiger partial charge in [0.1, 0.15) is 0 Å². The van der Waals surface area contributed by atoms with E-state index in [0.717, 1.165) is 12.8 Å². The van der Waals surface area contributed by atoms with Crippen LogP contribution >= 0.6 is 0 Å². The molecular weight excluding hydrogens is 635 g/mol. The first-order valence-corrected chi connectivity index (χ1v) is 19.2. The molecule has 0 spiro atoms. The van der Waals surface area contributed by atoms with Gasteiger partial charge < -0.3 is 33.7 Å². The molecule has 39 heavy (non-hydrogen) atoms. The molecule has 0 aliphatic heterocycles. The van der Waals surface area contributed by atoms with Crippen LogP contribution in [0.3, 0.4) is 0 Å². The summed E-state index contributed by atoms with van der Waals surface area (Å²) in [5.74, 6) is 0. The van der Waals surface area contributed by atoms with E-state index in [2.05, 4.69) is 128 Å². The summed E-state index contributed by atoms with van der Waals surface area (Å²) in [5, 5.41) is 0.331. The number of rotatable bonds is 7. The monoisotopic (exact) mass is 676 g/mol. The van der Waals surface area contributed by atoms with Gasteiger partial charge in [0.15, 0.2) is 16.6 Å². The molecule has 2 atom stereocenters. The average Bonchev–Trinajstić information content (AvgIpc) is 3.28. The van der Waals surface area contributed by atoms with Gasteiger partial charge in [-0.3, -0.25) is 0 Å². The van der Waals surface area contributed by atoms with Crippen LogP contribution in [0.25, 0.3) is 11.1 Å². The second kappa shape index (κ2) is 13.4. The van der Waals surface area contributed by atoms with Crippen molar-refractivity contribution in [3.8, 4) is 0 Å². The SMILES string of the molecule is CC(C)(C)[Si](C)(C)OC1[C-]=C(CCC2=[C-]C(O[Si](C)(C)C(C)(C)C)c3ccccc32)c2ccccc21.[Cl-].[Cl-].[Zr+4]. The minimum Gasteiger partial charge on any atom is -1.00 e. The number of hydrogen-bond donors (Lipinski definition) is 0. The van der Waals surface area contributed by atoms with Crippen molar-refractivity contribution in [3.05, 3.63) is 82.9 Å². The maximum absolute atomic E-state index is 6.82. The van der Waals surface area contributed by atoms with Crippen molar-refractivity contribution in [2.45, 2.75) is 103 Å². The van der Waals surface area contributed by atoms with E-state index in [1.165, 1.54) is 33.4 Å². The van der Waals surface area contributed by atoms with Crippen molar-refractivity contribution in [2.24, 2.45) is 0 Å². The minimum absolute atomic E-state index is 0. The van der Waals surface area contributed by atoms with Crippen molar-refractivity contribution >= 4 is 27.8 Å². The predicted octanol–water partition coefficient (Wildman–Crippen LogP) is 3.70. The molecule has 0 heterocycles. The molecule has 2 unspecified atom stereocenters. The van der Waals surface area contributed by atoms with E-state index in [9.17, 15) is 0 Å². The molecule has 0 fully saturated rings. The first kappa shape index (κ1) is 36.8. The van der Waals surface area contributed by atoms with Gasteiger partial charge in [0.2, 0.25) is 0 Å². The molecule has 210 valence electrons. The molecule has 2 nitrogen and oxygen atoms in total. The summed E-state index contributed by atoms with van der Waals surface area (Å²) in [6, 6.07) is 17.4. The summed E-state index contributed by atoms with van der Waals surface area (Å²) in [5.41, 5.74) is 7.66. The van der Waals surface area contributed by atoms with E-state index in [1.807, 2.05) is 0 Å². The zero-order chi connectivity index (χ0) is 26.5. The van der Waals surface area contributed by atoms with Crippen LogP contribution in [0.1, 0.15) is 88.8 Å². The van der Waals surface area contributed by atoms with Crippen LogP contribution in [-0.2, 0) is 35.1 Å². The minimum atomic E-state index is -1.92. The second-order valence-corrected chi connectivity index (χ2v) is 22.9. The Hall–Kier alpha value is -0.263. The Kier molecular flexibility index (Phi) is 12.6. The summed E-state index contributed by atoms with van der Waals surface area (Å²) >= 11 is 0. The Morgan fingerprint density at radius 1 is 0.615 bits per heavy atom. The van der Waals surface area contributed by atoms with Gasteiger partial charge in [0.05, 0.1) is 0 Å². The molecule has 2 aromatic carbocycles. The maximum Gasteiger partial charge on any atom is 4.00 e. The Morgan fingerprint density at radius 3 is 1.23 bits per heavy atom. The van der Waals surface area contributed by atoms with Gasteiger partial charge in [-0.2, -0.15) is 11.1 Å². The molecule has 7 heteroatoms. The van der Waals surface area contributed by atoms with E-state index in [-0.39, 0.29) is 73.3 Å². The quantitative estimate of drug-likeness (QED) is 0.329. The Morgan fingerprint density at radius 2 is 0.923 bits per heavy atom. The number of fused-ring (bicyclic) bond motifs is 2. The number of allylic oxidation sites excluding steroid dienone is 2. The van der Waals surface area contributed by atoms with Gasteiger partial charge in [0.25, 0.3) is 0 Å². The van der Waals surface area contributed by atoms with Crippen LogP contribution in [0.2, 0.25) is 36.3 Å². The molecule has 0 bridgehead atoms. The predicted molar refractivity (Wildman–Crippen MR) is 157 cm³/mol. The smallest absolute Gasteiger partial charge is 1.00 e. The van der Waals surface area contributed by atoms with E-state index < -0.39 is 16.6 Å². The van der Waals surface area contributed by atoms with Gasteiger partial charge >= 0.3 is 26.2 Å². The van der Waals surface area contributed by atoms with Gasteiger partial charge in [-0.1, -0.05) is 90.8 Å². The van der Waals surface area contributed by atoms with E-state index >= 15 is 0 Å². The van der Waals surface area contributed by atoms with Crippen molar-refractivity contribution < 1.29 is 59.9 Å². The fourth-order valence-corrected chi connectivity index (χ4v) is 6.68. The maximum atomic E-state index is 6.82. The van der Waals surface area contributed by atoms with Crippen molar-refractivity contribution in [1.82, 2.24) is 0 Å². The van der Waals surface area contributed by atoms with E-state index in [0.29, 0.717) is 0 Å². The number of halogens is 2. The zero-order valence-corrected chi connectivity index (χ0v) is 31.2. The first-order valence-electron chi connectivity index (χ1n) is 13.4. The van der Waals surface area contributed by atoms with Crippen LogP contribution in [0.5, 0.6) is 0 Å². The average molecular weight is 679 g/mol. The third-order valence-corrected chi connectivity index (χ3v) is 17.7. The van der Waals surface area contributed by atoms with Crippen molar-refractivity contribution in [1.29, 1.82) is 0 Å². The van der Waals surface area contributed by atoms with E-state index in [4.69, 9.17) is 8.85 Å². The van der Waals surface area contributed by atoms with Gasteiger partial charge in [0, 0.05) is 0 Å².